The van der Waals surface area contributed by atoms with Crippen LogP contribution in [0.5, 0.6) is 0 Å². The Kier molecular flexibility index (Phi) is 3.71. The van der Waals surface area contributed by atoms with Gasteiger partial charge in [0.2, 0.25) is 0 Å². The van der Waals surface area contributed by atoms with Crippen LogP contribution in [0.1, 0.15) is 29.5 Å². The molecule has 0 aromatic carbocycles. The molecule has 0 atom stereocenters. The van der Waals surface area contributed by atoms with Crippen molar-refractivity contribution in [3.05, 3.63) is 28.3 Å². The molecule has 0 saturated heterocycles. The standard InChI is InChI=1S/C13H15F3N2S/c1-4-5-9-11(10-7-6-8(2)19-10)17-18(3)12(9)13(14,15)16/h6-7H,4-5H2,1-3H3. The fraction of sp³-hybridized carbons (Fsp3) is 0.462. The van der Waals surface area contributed by atoms with Crippen molar-refractivity contribution in [1.82, 2.24) is 9.78 Å². The maximum atomic E-state index is 13.1. The lowest BCUT2D eigenvalue weighted by molar-refractivity contribution is -0.144. The van der Waals surface area contributed by atoms with Gasteiger partial charge in [-0.2, -0.15) is 18.3 Å². The lowest BCUT2D eigenvalue weighted by Crippen LogP contribution is -2.14. The van der Waals surface area contributed by atoms with E-state index < -0.39 is 11.9 Å². The summed E-state index contributed by atoms with van der Waals surface area (Å²) in [6, 6.07) is 3.74. The monoisotopic (exact) mass is 288 g/mol. The SMILES string of the molecule is CCCc1c(-c2ccc(C)s2)nn(C)c1C(F)(F)F. The van der Waals surface area contributed by atoms with Crippen LogP contribution < -0.4 is 0 Å². The van der Waals surface area contributed by atoms with Crippen LogP contribution in [-0.4, -0.2) is 9.78 Å². The van der Waals surface area contributed by atoms with E-state index in [1.807, 2.05) is 26.0 Å². The summed E-state index contributed by atoms with van der Waals surface area (Å²) in [6.45, 7) is 3.80. The van der Waals surface area contributed by atoms with Gasteiger partial charge in [0.15, 0.2) is 0 Å². The number of alkyl halides is 3. The molecule has 104 valence electrons. The molecular weight excluding hydrogens is 273 g/mol. The van der Waals surface area contributed by atoms with Crippen molar-refractivity contribution in [3.8, 4) is 10.6 Å². The van der Waals surface area contributed by atoms with Gasteiger partial charge in [0.05, 0.1) is 4.88 Å². The molecule has 2 nitrogen and oxygen atoms in total. The third-order valence-electron chi connectivity index (χ3n) is 2.89. The van der Waals surface area contributed by atoms with E-state index in [0.717, 1.165) is 14.4 Å². The first-order chi connectivity index (χ1) is 8.84. The summed E-state index contributed by atoms with van der Waals surface area (Å²) in [4.78, 5) is 1.86. The van der Waals surface area contributed by atoms with Crippen molar-refractivity contribution >= 4 is 11.3 Å². The molecule has 0 radical (unpaired) electrons. The second-order valence-electron chi connectivity index (χ2n) is 4.46. The van der Waals surface area contributed by atoms with Gasteiger partial charge in [-0.25, -0.2) is 0 Å². The van der Waals surface area contributed by atoms with E-state index in [9.17, 15) is 13.2 Å². The summed E-state index contributed by atoms with van der Waals surface area (Å²) in [6.07, 6.45) is -3.32. The van der Waals surface area contributed by atoms with Gasteiger partial charge in [-0.3, -0.25) is 4.68 Å². The quantitative estimate of drug-likeness (QED) is 0.817. The van der Waals surface area contributed by atoms with Gasteiger partial charge in [-0.1, -0.05) is 13.3 Å². The predicted octanol–water partition coefficient (Wildman–Crippen LogP) is 4.43. The lowest BCUT2D eigenvalue weighted by atomic mass is 10.1. The van der Waals surface area contributed by atoms with Crippen molar-refractivity contribution in [3.63, 3.8) is 0 Å². The molecule has 19 heavy (non-hydrogen) atoms. The molecule has 0 aliphatic rings. The molecule has 0 spiro atoms. The van der Waals surface area contributed by atoms with E-state index in [1.165, 1.54) is 18.4 Å². The predicted molar refractivity (Wildman–Crippen MR) is 70.3 cm³/mol. The van der Waals surface area contributed by atoms with E-state index in [4.69, 9.17) is 0 Å². The number of rotatable bonds is 3. The molecule has 0 saturated carbocycles. The fourth-order valence-corrected chi connectivity index (χ4v) is 3.05. The summed E-state index contributed by atoms with van der Waals surface area (Å²) in [7, 11) is 1.35. The average Bonchev–Trinajstić information content (AvgIpc) is 2.82. The Morgan fingerprint density at radius 2 is 2.00 bits per heavy atom. The average molecular weight is 288 g/mol. The fourth-order valence-electron chi connectivity index (χ4n) is 2.17. The van der Waals surface area contributed by atoms with E-state index in [2.05, 4.69) is 5.10 Å². The smallest absolute Gasteiger partial charge is 0.263 e. The van der Waals surface area contributed by atoms with E-state index in [1.54, 1.807) is 0 Å². The van der Waals surface area contributed by atoms with Crippen LogP contribution in [0.3, 0.4) is 0 Å². The summed E-state index contributed by atoms with van der Waals surface area (Å²) in [5.41, 5.74) is 0.143. The van der Waals surface area contributed by atoms with Crippen LogP contribution >= 0.6 is 11.3 Å². The highest BCUT2D eigenvalue weighted by Gasteiger charge is 2.39. The lowest BCUT2D eigenvalue weighted by Gasteiger charge is -2.09. The van der Waals surface area contributed by atoms with Crippen LogP contribution in [0.4, 0.5) is 13.2 Å². The molecule has 2 rings (SSSR count). The Labute approximate surface area is 113 Å². The minimum atomic E-state index is -4.36. The third kappa shape index (κ3) is 2.68. The number of hydrogen-bond donors (Lipinski definition) is 0. The first-order valence-electron chi connectivity index (χ1n) is 6.04. The van der Waals surface area contributed by atoms with Gasteiger partial charge in [0, 0.05) is 17.5 Å². The molecule has 0 amide bonds. The first kappa shape index (κ1) is 14.1. The van der Waals surface area contributed by atoms with Gasteiger partial charge in [-0.05, 0) is 25.5 Å². The van der Waals surface area contributed by atoms with E-state index in [0.29, 0.717) is 24.1 Å². The molecular formula is C13H15F3N2S. The van der Waals surface area contributed by atoms with Crippen LogP contribution in [0.2, 0.25) is 0 Å². The van der Waals surface area contributed by atoms with E-state index in [-0.39, 0.29) is 0 Å². The third-order valence-corrected chi connectivity index (χ3v) is 3.89. The van der Waals surface area contributed by atoms with Gasteiger partial charge >= 0.3 is 6.18 Å². The topological polar surface area (TPSA) is 17.8 Å². The summed E-state index contributed by atoms with van der Waals surface area (Å²) in [5.74, 6) is 0. The van der Waals surface area contributed by atoms with E-state index >= 15 is 0 Å². The maximum absolute atomic E-state index is 13.1. The van der Waals surface area contributed by atoms with Crippen molar-refractivity contribution in [2.45, 2.75) is 32.9 Å². The molecule has 2 aromatic heterocycles. The Hall–Kier alpha value is -1.30. The number of aryl methyl sites for hydroxylation is 2. The molecule has 0 bridgehead atoms. The molecule has 0 aliphatic heterocycles. The Morgan fingerprint density at radius 1 is 1.32 bits per heavy atom. The number of aromatic nitrogens is 2. The largest absolute Gasteiger partial charge is 0.433 e. The molecule has 0 fully saturated rings. The zero-order valence-electron chi connectivity index (χ0n) is 11.0. The molecule has 2 heterocycles. The Bertz CT molecular complexity index is 581. The van der Waals surface area contributed by atoms with Crippen LogP contribution in [0.15, 0.2) is 12.1 Å². The van der Waals surface area contributed by atoms with Crippen molar-refractivity contribution in [2.75, 3.05) is 0 Å². The normalized spacial score (nSPS) is 12.1. The number of nitrogens with zero attached hydrogens (tertiary/aromatic N) is 2. The van der Waals surface area contributed by atoms with Gasteiger partial charge in [-0.15, -0.1) is 11.3 Å². The highest BCUT2D eigenvalue weighted by molar-refractivity contribution is 7.15. The highest BCUT2D eigenvalue weighted by atomic mass is 32.1. The molecule has 0 N–H and O–H groups in total. The second kappa shape index (κ2) is 5.00. The Balaban J connectivity index is 2.62. The zero-order chi connectivity index (χ0) is 14.2. The summed E-state index contributed by atoms with van der Waals surface area (Å²) in [5, 5.41) is 4.09. The molecule has 2 aromatic rings. The van der Waals surface area contributed by atoms with Crippen molar-refractivity contribution in [1.29, 1.82) is 0 Å². The van der Waals surface area contributed by atoms with Gasteiger partial charge < -0.3 is 0 Å². The zero-order valence-corrected chi connectivity index (χ0v) is 11.8. The maximum Gasteiger partial charge on any atom is 0.433 e. The number of thiophene rings is 1. The first-order valence-corrected chi connectivity index (χ1v) is 6.86. The minimum Gasteiger partial charge on any atom is -0.263 e. The molecule has 6 heteroatoms. The molecule has 0 unspecified atom stereocenters. The summed E-state index contributed by atoms with van der Waals surface area (Å²) < 4.78 is 40.3. The van der Waals surface area contributed by atoms with Crippen molar-refractivity contribution in [2.24, 2.45) is 7.05 Å². The van der Waals surface area contributed by atoms with Crippen LogP contribution in [0.25, 0.3) is 10.6 Å². The Morgan fingerprint density at radius 3 is 2.47 bits per heavy atom. The van der Waals surface area contributed by atoms with Gasteiger partial charge in [0.25, 0.3) is 0 Å². The second-order valence-corrected chi connectivity index (χ2v) is 5.75. The van der Waals surface area contributed by atoms with Crippen molar-refractivity contribution < 1.29 is 13.2 Å². The van der Waals surface area contributed by atoms with Gasteiger partial charge in [0.1, 0.15) is 11.4 Å². The highest BCUT2D eigenvalue weighted by Crippen LogP contribution is 2.38. The number of hydrogen-bond acceptors (Lipinski definition) is 2. The van der Waals surface area contributed by atoms with Crippen LogP contribution in [-0.2, 0) is 19.6 Å². The number of halogens is 3. The van der Waals surface area contributed by atoms with Crippen LogP contribution in [0, 0.1) is 6.92 Å². The minimum absolute atomic E-state index is 0.305. The molecule has 0 aliphatic carbocycles. The summed E-state index contributed by atoms with van der Waals surface area (Å²) >= 11 is 1.47.